The normalized spacial score (nSPS) is 12.5. The Morgan fingerprint density at radius 1 is 0.848 bits per heavy atom. The quantitative estimate of drug-likeness (QED) is 0.172. The molecule has 0 saturated carbocycles. The molecule has 2 atom stereocenters. The van der Waals surface area contributed by atoms with Crippen LogP contribution in [0.2, 0.25) is 0 Å². The molecule has 0 radical (unpaired) electrons. The highest BCUT2D eigenvalue weighted by Crippen LogP contribution is 2.33. The van der Waals surface area contributed by atoms with Gasteiger partial charge in [-0.1, -0.05) is 85.8 Å². The highest BCUT2D eigenvalue weighted by molar-refractivity contribution is 7.92. The van der Waals surface area contributed by atoms with Crippen LogP contribution >= 0.6 is 0 Å². The molecule has 8 nitrogen and oxygen atoms in total. The van der Waals surface area contributed by atoms with Crippen LogP contribution < -0.4 is 14.4 Å². The standard InChI is InChI=1S/C36H40FN3O5S/c1-4-27(3)38-36(42)33(24-28-16-8-6-9-17-28)39(25-29-18-12-13-21-31(29)37)35(41)26-40(32-22-14-15-23-34(32)45-5-2)46(43,44)30-19-10-7-11-20-30/h6-23,27,33H,4-5,24-26H2,1-3H3,(H,38,42)/t27-,33-/m1/s1. The average molecular weight is 646 g/mol. The van der Waals surface area contributed by atoms with Gasteiger partial charge in [-0.25, -0.2) is 12.8 Å². The van der Waals surface area contributed by atoms with Crippen molar-refractivity contribution in [3.8, 4) is 5.75 Å². The maximum absolute atomic E-state index is 15.1. The van der Waals surface area contributed by atoms with Gasteiger partial charge in [0.25, 0.3) is 10.0 Å². The topological polar surface area (TPSA) is 96.0 Å². The van der Waals surface area contributed by atoms with Crippen LogP contribution in [0.5, 0.6) is 5.75 Å². The number of sulfonamides is 1. The van der Waals surface area contributed by atoms with E-state index in [2.05, 4.69) is 5.32 Å². The van der Waals surface area contributed by atoms with Gasteiger partial charge in [0.1, 0.15) is 24.2 Å². The SMILES string of the molecule is CCOc1ccccc1N(CC(=O)N(Cc1ccccc1F)[C@H](Cc1ccccc1)C(=O)N[C@H](C)CC)S(=O)(=O)c1ccccc1. The number of nitrogens with one attached hydrogen (secondary N) is 1. The van der Waals surface area contributed by atoms with Gasteiger partial charge >= 0.3 is 0 Å². The third-order valence-corrected chi connectivity index (χ3v) is 9.39. The number of hydrogen-bond acceptors (Lipinski definition) is 5. The molecule has 0 aliphatic carbocycles. The Hall–Kier alpha value is -4.70. The van der Waals surface area contributed by atoms with Crippen molar-refractivity contribution in [2.45, 2.75) is 57.1 Å². The number of hydrogen-bond donors (Lipinski definition) is 1. The lowest BCUT2D eigenvalue weighted by molar-refractivity contribution is -0.140. The Kier molecular flexibility index (Phi) is 11.9. The van der Waals surface area contributed by atoms with Gasteiger partial charge in [-0.2, -0.15) is 0 Å². The fourth-order valence-corrected chi connectivity index (χ4v) is 6.42. The molecule has 1 N–H and O–H groups in total. The number of anilines is 1. The third kappa shape index (κ3) is 8.51. The summed E-state index contributed by atoms with van der Waals surface area (Å²) in [6, 6.07) is 28.3. The van der Waals surface area contributed by atoms with E-state index < -0.39 is 40.2 Å². The van der Waals surface area contributed by atoms with Gasteiger partial charge in [0.05, 0.1) is 17.2 Å². The Morgan fingerprint density at radius 2 is 1.46 bits per heavy atom. The van der Waals surface area contributed by atoms with Gasteiger partial charge in [0.15, 0.2) is 0 Å². The molecule has 0 fully saturated rings. The Labute approximate surface area is 270 Å². The van der Waals surface area contributed by atoms with Crippen molar-refractivity contribution in [2.75, 3.05) is 17.5 Å². The minimum absolute atomic E-state index is 0.0231. The number of amides is 2. The first-order valence-corrected chi connectivity index (χ1v) is 16.8. The predicted octanol–water partition coefficient (Wildman–Crippen LogP) is 5.97. The van der Waals surface area contributed by atoms with Crippen molar-refractivity contribution in [3.63, 3.8) is 0 Å². The third-order valence-electron chi connectivity index (χ3n) is 7.61. The van der Waals surface area contributed by atoms with E-state index in [1.165, 1.54) is 23.1 Å². The highest BCUT2D eigenvalue weighted by Gasteiger charge is 2.36. The lowest BCUT2D eigenvalue weighted by Crippen LogP contribution is -2.54. The number of carbonyl (C=O) groups is 2. The molecule has 46 heavy (non-hydrogen) atoms. The molecule has 0 heterocycles. The van der Waals surface area contributed by atoms with Gasteiger partial charge in [0, 0.05) is 24.6 Å². The van der Waals surface area contributed by atoms with Gasteiger partial charge in [-0.05, 0) is 56.2 Å². The van der Waals surface area contributed by atoms with E-state index in [1.54, 1.807) is 67.6 Å². The van der Waals surface area contributed by atoms with E-state index in [9.17, 15) is 18.0 Å². The molecule has 10 heteroatoms. The van der Waals surface area contributed by atoms with E-state index in [-0.39, 0.29) is 47.5 Å². The Balaban J connectivity index is 1.84. The predicted molar refractivity (Wildman–Crippen MR) is 177 cm³/mol. The van der Waals surface area contributed by atoms with Crippen molar-refractivity contribution in [1.82, 2.24) is 10.2 Å². The van der Waals surface area contributed by atoms with E-state index in [4.69, 9.17) is 4.74 Å². The van der Waals surface area contributed by atoms with Gasteiger partial charge in [-0.3, -0.25) is 13.9 Å². The minimum atomic E-state index is -4.30. The van der Waals surface area contributed by atoms with Gasteiger partial charge in [0.2, 0.25) is 11.8 Å². The second-order valence-electron chi connectivity index (χ2n) is 10.9. The van der Waals surface area contributed by atoms with E-state index >= 15 is 4.39 Å². The second kappa shape index (κ2) is 16.0. The summed E-state index contributed by atoms with van der Waals surface area (Å²) in [5.41, 5.74) is 1.14. The molecule has 0 aliphatic heterocycles. The summed E-state index contributed by atoms with van der Waals surface area (Å²) in [6.07, 6.45) is 0.784. The maximum Gasteiger partial charge on any atom is 0.264 e. The van der Waals surface area contributed by atoms with Crippen LogP contribution in [0.1, 0.15) is 38.3 Å². The monoisotopic (exact) mass is 645 g/mol. The molecule has 0 unspecified atom stereocenters. The van der Waals surface area contributed by atoms with E-state index in [0.717, 1.165) is 9.87 Å². The average Bonchev–Trinajstić information content (AvgIpc) is 3.07. The van der Waals surface area contributed by atoms with Crippen molar-refractivity contribution < 1.29 is 27.1 Å². The molecule has 4 rings (SSSR count). The summed E-state index contributed by atoms with van der Waals surface area (Å²) < 4.78 is 50.3. The molecule has 4 aromatic rings. The van der Waals surface area contributed by atoms with Crippen LogP contribution in [-0.4, -0.2) is 50.4 Å². The molecule has 242 valence electrons. The van der Waals surface area contributed by atoms with Crippen molar-refractivity contribution >= 4 is 27.5 Å². The maximum atomic E-state index is 15.1. The van der Waals surface area contributed by atoms with Crippen LogP contribution in [0.3, 0.4) is 0 Å². The highest BCUT2D eigenvalue weighted by atomic mass is 32.2. The smallest absolute Gasteiger partial charge is 0.264 e. The lowest BCUT2D eigenvalue weighted by atomic mass is 10.0. The van der Waals surface area contributed by atoms with Crippen molar-refractivity contribution in [2.24, 2.45) is 0 Å². The van der Waals surface area contributed by atoms with Crippen LogP contribution in [0, 0.1) is 5.82 Å². The molecular formula is C36H40FN3O5S. The summed E-state index contributed by atoms with van der Waals surface area (Å²) in [5, 5.41) is 2.97. The summed E-state index contributed by atoms with van der Waals surface area (Å²) in [7, 11) is -4.30. The van der Waals surface area contributed by atoms with E-state index in [0.29, 0.717) is 6.42 Å². The Bertz CT molecular complexity index is 1700. The molecule has 4 aromatic carbocycles. The number of rotatable bonds is 15. The largest absolute Gasteiger partial charge is 0.492 e. The Morgan fingerprint density at radius 3 is 2.11 bits per heavy atom. The zero-order chi connectivity index (χ0) is 33.1. The van der Waals surface area contributed by atoms with Gasteiger partial charge < -0.3 is 15.0 Å². The van der Waals surface area contributed by atoms with Crippen LogP contribution in [0.25, 0.3) is 0 Å². The number of nitrogens with zero attached hydrogens (tertiary/aromatic N) is 2. The first kappa shape index (κ1) is 34.2. The summed E-state index contributed by atoms with van der Waals surface area (Å²) in [5.74, 6) is -1.38. The number of ether oxygens (including phenoxy) is 1. The zero-order valence-electron chi connectivity index (χ0n) is 26.3. The summed E-state index contributed by atoms with van der Waals surface area (Å²) in [4.78, 5) is 29.7. The minimum Gasteiger partial charge on any atom is -0.492 e. The van der Waals surface area contributed by atoms with Crippen LogP contribution in [0.4, 0.5) is 10.1 Å². The molecule has 2 amide bonds. The van der Waals surface area contributed by atoms with Crippen LogP contribution in [-0.2, 0) is 32.6 Å². The fourth-order valence-electron chi connectivity index (χ4n) is 4.98. The zero-order valence-corrected chi connectivity index (χ0v) is 27.1. The number of carbonyl (C=O) groups excluding carboxylic acids is 2. The van der Waals surface area contributed by atoms with E-state index in [1.807, 2.05) is 44.2 Å². The first-order valence-electron chi connectivity index (χ1n) is 15.3. The fraction of sp³-hybridized carbons (Fsp3) is 0.278. The second-order valence-corrected chi connectivity index (χ2v) is 12.7. The van der Waals surface area contributed by atoms with Crippen LogP contribution in [0.15, 0.2) is 114 Å². The molecule has 0 aliphatic rings. The number of benzene rings is 4. The molecular weight excluding hydrogens is 605 g/mol. The van der Waals surface area contributed by atoms with Gasteiger partial charge in [-0.15, -0.1) is 0 Å². The molecule has 0 spiro atoms. The first-order chi connectivity index (χ1) is 22.1. The lowest BCUT2D eigenvalue weighted by Gasteiger charge is -2.34. The summed E-state index contributed by atoms with van der Waals surface area (Å²) in [6.45, 7) is 4.90. The number of halogens is 1. The van der Waals surface area contributed by atoms with Crippen molar-refractivity contribution in [3.05, 3.63) is 126 Å². The molecule has 0 saturated heterocycles. The van der Waals surface area contributed by atoms with Crippen molar-refractivity contribution in [1.29, 1.82) is 0 Å². The molecule has 0 bridgehead atoms. The number of para-hydroxylation sites is 2. The summed E-state index contributed by atoms with van der Waals surface area (Å²) >= 11 is 0. The molecule has 0 aromatic heterocycles.